The second-order valence-corrected chi connectivity index (χ2v) is 8.87. The van der Waals surface area contributed by atoms with Gasteiger partial charge in [0.2, 0.25) is 0 Å². The van der Waals surface area contributed by atoms with Crippen molar-refractivity contribution in [1.29, 1.82) is 5.26 Å². The number of hydrogen-bond donors (Lipinski definition) is 1. The summed E-state index contributed by atoms with van der Waals surface area (Å²) >= 11 is 12.9. The van der Waals surface area contributed by atoms with E-state index in [2.05, 4.69) is 37.2 Å². The molecule has 0 heterocycles. The zero-order valence-corrected chi connectivity index (χ0v) is 20.4. The van der Waals surface area contributed by atoms with E-state index in [0.29, 0.717) is 37.6 Å². The number of nitriles is 1. The summed E-state index contributed by atoms with van der Waals surface area (Å²) < 4.78 is 7.30. The van der Waals surface area contributed by atoms with E-state index in [1.165, 1.54) is 6.08 Å². The van der Waals surface area contributed by atoms with Crippen LogP contribution in [0, 0.1) is 18.3 Å². The van der Waals surface area contributed by atoms with E-state index < -0.39 is 5.91 Å². The molecule has 156 valence electrons. The minimum Gasteiger partial charge on any atom is -0.487 e. The Labute approximate surface area is 202 Å². The Morgan fingerprint density at radius 3 is 2.42 bits per heavy atom. The van der Waals surface area contributed by atoms with Crippen molar-refractivity contribution in [2.45, 2.75) is 13.5 Å². The van der Waals surface area contributed by atoms with Crippen LogP contribution in [0.25, 0.3) is 6.08 Å². The number of hydrogen-bond acceptors (Lipinski definition) is 3. The van der Waals surface area contributed by atoms with Crippen molar-refractivity contribution in [3.05, 3.63) is 96.9 Å². The van der Waals surface area contributed by atoms with Crippen molar-refractivity contribution < 1.29 is 9.53 Å². The molecule has 31 heavy (non-hydrogen) atoms. The number of nitrogens with zero attached hydrogens (tertiary/aromatic N) is 1. The van der Waals surface area contributed by atoms with Crippen molar-refractivity contribution in [2.24, 2.45) is 0 Å². The first kappa shape index (κ1) is 23.1. The van der Waals surface area contributed by atoms with Gasteiger partial charge in [-0.15, -0.1) is 0 Å². The predicted molar refractivity (Wildman–Crippen MR) is 131 cm³/mol. The van der Waals surface area contributed by atoms with Gasteiger partial charge < -0.3 is 10.1 Å². The SMILES string of the molecule is Cc1cccc(NC(=O)/C(C#N)=C\c2cc(Br)c(OCc3ccc(Cl)cc3)c(Br)c2)c1. The maximum absolute atomic E-state index is 12.5. The summed E-state index contributed by atoms with van der Waals surface area (Å²) in [6.07, 6.45) is 1.53. The largest absolute Gasteiger partial charge is 0.487 e. The number of nitrogens with one attached hydrogen (secondary N) is 1. The molecule has 0 aliphatic rings. The molecule has 0 atom stereocenters. The molecule has 0 spiro atoms. The highest BCUT2D eigenvalue weighted by atomic mass is 79.9. The molecule has 3 rings (SSSR count). The Morgan fingerprint density at radius 2 is 1.81 bits per heavy atom. The molecule has 0 bridgehead atoms. The average molecular weight is 561 g/mol. The van der Waals surface area contributed by atoms with Crippen LogP contribution >= 0.6 is 43.5 Å². The highest BCUT2D eigenvalue weighted by Gasteiger charge is 2.13. The van der Waals surface area contributed by atoms with Gasteiger partial charge in [-0.05, 0) is 97.9 Å². The van der Waals surface area contributed by atoms with Gasteiger partial charge in [0.15, 0.2) is 0 Å². The Balaban J connectivity index is 1.76. The molecule has 3 aromatic carbocycles. The monoisotopic (exact) mass is 558 g/mol. The Kier molecular flexibility index (Phi) is 7.91. The van der Waals surface area contributed by atoms with Crippen LogP contribution in [-0.2, 0) is 11.4 Å². The normalized spacial score (nSPS) is 11.0. The lowest BCUT2D eigenvalue weighted by atomic mass is 10.1. The number of benzene rings is 3. The van der Waals surface area contributed by atoms with Crippen LogP contribution in [0.2, 0.25) is 5.02 Å². The third-order valence-corrected chi connectivity index (χ3v) is 5.70. The van der Waals surface area contributed by atoms with Gasteiger partial charge in [0, 0.05) is 10.7 Å². The van der Waals surface area contributed by atoms with E-state index in [9.17, 15) is 10.1 Å². The van der Waals surface area contributed by atoms with Crippen LogP contribution in [0.3, 0.4) is 0 Å². The van der Waals surface area contributed by atoms with Crippen LogP contribution < -0.4 is 10.1 Å². The van der Waals surface area contributed by atoms with Gasteiger partial charge >= 0.3 is 0 Å². The fourth-order valence-electron chi connectivity index (χ4n) is 2.77. The molecule has 0 aliphatic carbocycles. The van der Waals surface area contributed by atoms with Gasteiger partial charge in [-0.2, -0.15) is 5.26 Å². The molecule has 0 saturated heterocycles. The zero-order valence-electron chi connectivity index (χ0n) is 16.5. The molecule has 0 radical (unpaired) electrons. The van der Waals surface area contributed by atoms with E-state index in [1.807, 2.05) is 55.5 Å². The summed E-state index contributed by atoms with van der Waals surface area (Å²) in [5.41, 5.74) is 3.30. The molecule has 0 fully saturated rings. The van der Waals surface area contributed by atoms with E-state index >= 15 is 0 Å². The molecule has 0 aliphatic heterocycles. The molecular weight excluding hydrogens is 544 g/mol. The number of aryl methyl sites for hydroxylation is 1. The van der Waals surface area contributed by atoms with Crippen LogP contribution in [0.5, 0.6) is 5.75 Å². The number of carbonyl (C=O) groups is 1. The lowest BCUT2D eigenvalue weighted by Gasteiger charge is -2.12. The standard InChI is InChI=1S/C24H17Br2ClN2O2/c1-15-3-2-4-20(9-15)29-24(30)18(13-28)10-17-11-21(25)23(22(26)12-17)31-14-16-5-7-19(27)8-6-16/h2-12H,14H2,1H3,(H,29,30)/b18-10-. The minimum absolute atomic E-state index is 0.00450. The highest BCUT2D eigenvalue weighted by molar-refractivity contribution is 9.11. The number of halogens is 3. The number of amides is 1. The van der Waals surface area contributed by atoms with Gasteiger partial charge in [-0.1, -0.05) is 35.9 Å². The van der Waals surface area contributed by atoms with Gasteiger partial charge in [0.25, 0.3) is 5.91 Å². The third kappa shape index (κ3) is 6.44. The topological polar surface area (TPSA) is 62.1 Å². The van der Waals surface area contributed by atoms with Crippen LogP contribution in [0.15, 0.2) is 75.2 Å². The molecule has 0 saturated carbocycles. The maximum Gasteiger partial charge on any atom is 0.266 e. The van der Waals surface area contributed by atoms with E-state index in [0.717, 1.165) is 11.1 Å². The van der Waals surface area contributed by atoms with Gasteiger partial charge in [0.05, 0.1) is 8.95 Å². The van der Waals surface area contributed by atoms with Crippen molar-refractivity contribution in [2.75, 3.05) is 5.32 Å². The summed E-state index contributed by atoms with van der Waals surface area (Å²) in [6, 6.07) is 20.4. The number of carbonyl (C=O) groups excluding carboxylic acids is 1. The molecule has 4 nitrogen and oxygen atoms in total. The number of anilines is 1. The lowest BCUT2D eigenvalue weighted by Crippen LogP contribution is -2.13. The van der Waals surface area contributed by atoms with Crippen LogP contribution in [0.1, 0.15) is 16.7 Å². The molecule has 7 heteroatoms. The quantitative estimate of drug-likeness (QED) is 0.254. The summed E-state index contributed by atoms with van der Waals surface area (Å²) in [5.74, 6) is 0.151. The first-order valence-corrected chi connectivity index (χ1v) is 11.2. The van der Waals surface area contributed by atoms with E-state index in [4.69, 9.17) is 16.3 Å². The van der Waals surface area contributed by atoms with Crippen molar-refractivity contribution in [3.63, 3.8) is 0 Å². The van der Waals surface area contributed by atoms with Gasteiger partial charge in [0.1, 0.15) is 24.0 Å². The van der Waals surface area contributed by atoms with Crippen LogP contribution in [-0.4, -0.2) is 5.91 Å². The van der Waals surface area contributed by atoms with Crippen LogP contribution in [0.4, 0.5) is 5.69 Å². The Morgan fingerprint density at radius 1 is 1.13 bits per heavy atom. The molecule has 0 aromatic heterocycles. The van der Waals surface area contributed by atoms with Gasteiger partial charge in [-0.25, -0.2) is 0 Å². The van der Waals surface area contributed by atoms with Crippen molar-refractivity contribution in [3.8, 4) is 11.8 Å². The van der Waals surface area contributed by atoms with Crippen molar-refractivity contribution >= 4 is 61.1 Å². The fraction of sp³-hybridized carbons (Fsp3) is 0.0833. The second-order valence-electron chi connectivity index (χ2n) is 6.72. The summed E-state index contributed by atoms with van der Waals surface area (Å²) in [7, 11) is 0. The Hall–Kier alpha value is -2.59. The smallest absolute Gasteiger partial charge is 0.266 e. The minimum atomic E-state index is -0.469. The number of rotatable bonds is 6. The molecule has 1 amide bonds. The number of ether oxygens (including phenoxy) is 1. The zero-order chi connectivity index (χ0) is 22.4. The molecule has 0 unspecified atom stereocenters. The molecule has 3 aromatic rings. The maximum atomic E-state index is 12.5. The van der Waals surface area contributed by atoms with Crippen molar-refractivity contribution in [1.82, 2.24) is 0 Å². The molecule has 1 N–H and O–H groups in total. The highest BCUT2D eigenvalue weighted by Crippen LogP contribution is 2.36. The summed E-state index contributed by atoms with van der Waals surface area (Å²) in [4.78, 5) is 12.5. The first-order valence-electron chi connectivity index (χ1n) is 9.22. The summed E-state index contributed by atoms with van der Waals surface area (Å²) in [5, 5.41) is 12.9. The average Bonchev–Trinajstić information content (AvgIpc) is 2.72. The van der Waals surface area contributed by atoms with E-state index in [-0.39, 0.29) is 5.57 Å². The van der Waals surface area contributed by atoms with E-state index in [1.54, 1.807) is 18.2 Å². The second kappa shape index (κ2) is 10.6. The lowest BCUT2D eigenvalue weighted by molar-refractivity contribution is -0.112. The fourth-order valence-corrected chi connectivity index (χ4v) is 4.35. The Bertz CT molecular complexity index is 1160. The molecular formula is C24H17Br2ClN2O2. The predicted octanol–water partition coefficient (Wildman–Crippen LogP) is 7.30. The first-order chi connectivity index (χ1) is 14.9. The third-order valence-electron chi connectivity index (χ3n) is 4.27. The summed E-state index contributed by atoms with van der Waals surface area (Å²) in [6.45, 7) is 2.30. The van der Waals surface area contributed by atoms with Gasteiger partial charge in [-0.3, -0.25) is 4.79 Å².